The molecule has 0 radical (unpaired) electrons. The summed E-state index contributed by atoms with van der Waals surface area (Å²) < 4.78 is 14.7. The van der Waals surface area contributed by atoms with Crippen LogP contribution in [0.4, 0.5) is 0 Å². The average molecular weight is 319 g/mol. The number of aromatic amines is 1. The number of hydrogen-bond acceptors (Lipinski definition) is 6. The van der Waals surface area contributed by atoms with Crippen LogP contribution in [0.5, 0.6) is 0 Å². The van der Waals surface area contributed by atoms with Crippen LogP contribution in [-0.2, 0) is 9.47 Å². The number of Topliss-reactive ketones (excluding diaryl/α,β-unsaturated/α-hetero) is 1. The normalized spacial score (nSPS) is 10.4. The molecule has 0 amide bonds. The summed E-state index contributed by atoms with van der Waals surface area (Å²) in [5.41, 5.74) is 1.79. The van der Waals surface area contributed by atoms with Crippen molar-refractivity contribution >= 4 is 17.7 Å². The fraction of sp³-hybridized carbons (Fsp3) is 0.312. The van der Waals surface area contributed by atoms with Crippen molar-refractivity contribution in [1.82, 2.24) is 4.98 Å². The summed E-state index contributed by atoms with van der Waals surface area (Å²) in [5, 5.41) is 0. The quantitative estimate of drug-likeness (QED) is 0.648. The van der Waals surface area contributed by atoms with Gasteiger partial charge in [0.05, 0.1) is 18.4 Å². The van der Waals surface area contributed by atoms with Crippen LogP contribution in [0.25, 0.3) is 0 Å². The van der Waals surface area contributed by atoms with E-state index in [0.29, 0.717) is 16.8 Å². The molecule has 2 rings (SSSR count). The molecule has 1 N–H and O–H groups in total. The van der Waals surface area contributed by atoms with E-state index in [0.717, 1.165) is 0 Å². The number of ether oxygens (including phenoxy) is 2. The number of carbonyl (C=O) groups is 3. The van der Waals surface area contributed by atoms with Gasteiger partial charge in [-0.1, -0.05) is 0 Å². The van der Waals surface area contributed by atoms with Gasteiger partial charge in [-0.3, -0.25) is 4.79 Å². The Morgan fingerprint density at radius 2 is 1.91 bits per heavy atom. The second-order valence-electron chi connectivity index (χ2n) is 4.86. The van der Waals surface area contributed by atoms with Crippen LogP contribution in [0.3, 0.4) is 0 Å². The zero-order chi connectivity index (χ0) is 17.0. The summed E-state index contributed by atoms with van der Waals surface area (Å²) in [4.78, 5) is 38.6. The molecule has 7 heteroatoms. The summed E-state index contributed by atoms with van der Waals surface area (Å²) in [7, 11) is 0. The van der Waals surface area contributed by atoms with Gasteiger partial charge in [-0.2, -0.15) is 0 Å². The molecule has 0 unspecified atom stereocenters. The van der Waals surface area contributed by atoms with Gasteiger partial charge in [0.1, 0.15) is 12.0 Å². The minimum absolute atomic E-state index is 0.229. The van der Waals surface area contributed by atoms with Gasteiger partial charge in [-0.25, -0.2) is 9.59 Å². The van der Waals surface area contributed by atoms with Gasteiger partial charge < -0.3 is 18.9 Å². The molecular formula is C16H17NO6. The number of nitrogens with one attached hydrogen (secondary N) is 1. The molecule has 7 nitrogen and oxygen atoms in total. The highest BCUT2D eigenvalue weighted by atomic mass is 16.5. The average Bonchev–Trinajstić information content (AvgIpc) is 3.13. The van der Waals surface area contributed by atoms with Crippen molar-refractivity contribution in [3.05, 3.63) is 46.7 Å². The lowest BCUT2D eigenvalue weighted by molar-refractivity contribution is 0.0472. The maximum atomic E-state index is 12.3. The lowest BCUT2D eigenvalue weighted by Crippen LogP contribution is -2.15. The largest absolute Gasteiger partial charge is 0.472 e. The third-order valence-corrected chi connectivity index (χ3v) is 3.29. The maximum absolute atomic E-state index is 12.3. The van der Waals surface area contributed by atoms with Crippen molar-refractivity contribution in [3.63, 3.8) is 0 Å². The smallest absolute Gasteiger partial charge is 0.355 e. The van der Waals surface area contributed by atoms with Gasteiger partial charge in [0.2, 0.25) is 5.78 Å². The van der Waals surface area contributed by atoms with E-state index in [9.17, 15) is 14.4 Å². The SMILES string of the molecule is CCOC(=O)c1[nH]c(C)c(C(=O)COC(=O)c2ccoc2)c1C. The molecule has 2 heterocycles. The van der Waals surface area contributed by atoms with Crippen LogP contribution < -0.4 is 0 Å². The third-order valence-electron chi connectivity index (χ3n) is 3.29. The zero-order valence-electron chi connectivity index (χ0n) is 13.1. The minimum Gasteiger partial charge on any atom is -0.472 e. The molecular weight excluding hydrogens is 302 g/mol. The minimum atomic E-state index is -0.649. The van der Waals surface area contributed by atoms with Crippen LogP contribution in [0, 0.1) is 13.8 Å². The Morgan fingerprint density at radius 3 is 2.52 bits per heavy atom. The number of carbonyl (C=O) groups excluding carboxylic acids is 3. The predicted molar refractivity (Wildman–Crippen MR) is 79.5 cm³/mol. The summed E-state index contributed by atoms with van der Waals surface area (Å²) in [6.07, 6.45) is 2.57. The first-order chi connectivity index (χ1) is 11.0. The van der Waals surface area contributed by atoms with Crippen molar-refractivity contribution < 1.29 is 28.3 Å². The van der Waals surface area contributed by atoms with E-state index < -0.39 is 24.3 Å². The van der Waals surface area contributed by atoms with Gasteiger partial charge in [0.15, 0.2) is 6.61 Å². The first-order valence-electron chi connectivity index (χ1n) is 7.04. The first kappa shape index (κ1) is 16.5. The van der Waals surface area contributed by atoms with E-state index >= 15 is 0 Å². The lowest BCUT2D eigenvalue weighted by atomic mass is 10.1. The maximum Gasteiger partial charge on any atom is 0.355 e. The van der Waals surface area contributed by atoms with Crippen molar-refractivity contribution in [2.45, 2.75) is 20.8 Å². The number of H-pyrrole nitrogens is 1. The fourth-order valence-corrected chi connectivity index (χ4v) is 2.24. The molecule has 0 aliphatic rings. The number of hydrogen-bond donors (Lipinski definition) is 1. The van der Waals surface area contributed by atoms with Crippen LogP contribution in [0.15, 0.2) is 23.0 Å². The molecule has 0 fully saturated rings. The van der Waals surface area contributed by atoms with E-state index in [1.54, 1.807) is 20.8 Å². The molecule has 2 aromatic heterocycles. The molecule has 0 aromatic carbocycles. The van der Waals surface area contributed by atoms with Gasteiger partial charge in [-0.05, 0) is 32.4 Å². The van der Waals surface area contributed by atoms with E-state index in [4.69, 9.17) is 13.9 Å². The molecule has 122 valence electrons. The van der Waals surface area contributed by atoms with Gasteiger partial charge in [0.25, 0.3) is 0 Å². The third kappa shape index (κ3) is 3.50. The van der Waals surface area contributed by atoms with Gasteiger partial charge in [-0.15, -0.1) is 0 Å². The number of furan rings is 1. The zero-order valence-corrected chi connectivity index (χ0v) is 13.1. The van der Waals surface area contributed by atoms with Crippen molar-refractivity contribution in [3.8, 4) is 0 Å². The number of ketones is 1. The number of esters is 2. The van der Waals surface area contributed by atoms with Crippen LogP contribution in [0.2, 0.25) is 0 Å². The van der Waals surface area contributed by atoms with E-state index in [-0.39, 0.29) is 17.9 Å². The summed E-state index contributed by atoms with van der Waals surface area (Å²) in [5.74, 6) is -1.57. The van der Waals surface area contributed by atoms with Gasteiger partial charge >= 0.3 is 11.9 Å². The number of aromatic nitrogens is 1. The number of aryl methyl sites for hydroxylation is 1. The Balaban J connectivity index is 2.10. The van der Waals surface area contributed by atoms with Crippen molar-refractivity contribution in [1.29, 1.82) is 0 Å². The molecule has 2 aromatic rings. The Bertz CT molecular complexity index is 726. The molecule has 0 atom stereocenters. The summed E-state index contributed by atoms with van der Waals surface area (Å²) >= 11 is 0. The van der Waals surface area contributed by atoms with E-state index in [1.807, 2.05) is 0 Å². The highest BCUT2D eigenvalue weighted by Crippen LogP contribution is 2.19. The standard InChI is InChI=1S/C16H17NO6/c1-4-22-16(20)14-9(2)13(10(3)17-14)12(18)8-23-15(19)11-5-6-21-7-11/h5-7,17H,4,8H2,1-3H3. The summed E-state index contributed by atoms with van der Waals surface area (Å²) in [6.45, 7) is 4.82. The second-order valence-corrected chi connectivity index (χ2v) is 4.86. The molecule has 0 bridgehead atoms. The van der Waals surface area contributed by atoms with Crippen LogP contribution in [-0.4, -0.2) is 35.9 Å². The Kier molecular flexibility index (Phi) is 5.00. The Labute approximate surface area is 132 Å². The van der Waals surface area contributed by atoms with Crippen molar-refractivity contribution in [2.75, 3.05) is 13.2 Å². The topological polar surface area (TPSA) is 98.6 Å². The lowest BCUT2D eigenvalue weighted by Gasteiger charge is -2.04. The highest BCUT2D eigenvalue weighted by molar-refractivity contribution is 6.04. The fourth-order valence-electron chi connectivity index (χ4n) is 2.24. The highest BCUT2D eigenvalue weighted by Gasteiger charge is 2.23. The molecule has 0 saturated heterocycles. The molecule has 23 heavy (non-hydrogen) atoms. The Morgan fingerprint density at radius 1 is 1.17 bits per heavy atom. The monoisotopic (exact) mass is 319 g/mol. The van der Waals surface area contributed by atoms with Crippen LogP contribution in [0.1, 0.15) is 49.4 Å². The molecule has 0 aliphatic heterocycles. The van der Waals surface area contributed by atoms with E-state index in [1.165, 1.54) is 18.6 Å². The Hall–Kier alpha value is -2.83. The van der Waals surface area contributed by atoms with Gasteiger partial charge in [0, 0.05) is 11.3 Å². The second kappa shape index (κ2) is 6.95. The van der Waals surface area contributed by atoms with E-state index in [2.05, 4.69) is 4.98 Å². The molecule has 0 spiro atoms. The summed E-state index contributed by atoms with van der Waals surface area (Å²) in [6, 6.07) is 1.44. The molecule has 0 saturated carbocycles. The molecule has 0 aliphatic carbocycles. The first-order valence-corrected chi connectivity index (χ1v) is 7.04. The number of rotatable bonds is 6. The van der Waals surface area contributed by atoms with Crippen LogP contribution >= 0.6 is 0 Å². The van der Waals surface area contributed by atoms with Crippen molar-refractivity contribution in [2.24, 2.45) is 0 Å². The predicted octanol–water partition coefficient (Wildman–Crippen LogP) is 2.44.